The smallest absolute Gasteiger partial charge is 0.196 e. The number of nitrogens with zero attached hydrogens (tertiary/aromatic N) is 1. The summed E-state index contributed by atoms with van der Waals surface area (Å²) in [6.45, 7) is 4.95. The highest BCUT2D eigenvalue weighted by atomic mass is 127. The minimum atomic E-state index is -3.23. The van der Waals surface area contributed by atoms with Gasteiger partial charge in [-0.1, -0.05) is 60.2 Å². The molecule has 0 atom stereocenters. The average molecular weight is 549 g/mol. The highest BCUT2D eigenvalue weighted by molar-refractivity contribution is 14.0. The molecular formula is C24H28IN3O2S. The molecule has 0 bridgehead atoms. The van der Waals surface area contributed by atoms with Gasteiger partial charge in [-0.15, -0.1) is 24.0 Å². The number of aliphatic imine (C=N–C) groups is 1. The van der Waals surface area contributed by atoms with Crippen LogP contribution in [-0.4, -0.2) is 20.6 Å². The molecule has 31 heavy (non-hydrogen) atoms. The second kappa shape index (κ2) is 11.3. The van der Waals surface area contributed by atoms with Crippen molar-refractivity contribution >= 4 is 45.5 Å². The Morgan fingerprint density at radius 1 is 0.903 bits per heavy atom. The van der Waals surface area contributed by atoms with Crippen LogP contribution in [0.3, 0.4) is 0 Å². The number of rotatable bonds is 6. The van der Waals surface area contributed by atoms with E-state index in [0.717, 1.165) is 22.4 Å². The number of hydrogen-bond acceptors (Lipinski definition) is 3. The molecule has 0 radical (unpaired) electrons. The fraction of sp³-hybridized carbons (Fsp3) is 0.208. The van der Waals surface area contributed by atoms with Crippen molar-refractivity contribution in [2.45, 2.75) is 31.8 Å². The van der Waals surface area contributed by atoms with E-state index >= 15 is 0 Å². The van der Waals surface area contributed by atoms with Gasteiger partial charge < -0.3 is 10.6 Å². The number of para-hydroxylation sites is 1. The summed E-state index contributed by atoms with van der Waals surface area (Å²) >= 11 is 0. The Morgan fingerprint density at radius 3 is 2.16 bits per heavy atom. The van der Waals surface area contributed by atoms with Crippen LogP contribution in [-0.2, 0) is 22.9 Å². The molecule has 0 spiro atoms. The second-order valence-corrected chi connectivity index (χ2v) is 9.35. The molecule has 0 saturated carbocycles. The largest absolute Gasteiger partial charge is 0.352 e. The van der Waals surface area contributed by atoms with E-state index < -0.39 is 9.84 Å². The van der Waals surface area contributed by atoms with Crippen molar-refractivity contribution in [3.8, 4) is 0 Å². The van der Waals surface area contributed by atoms with Crippen LogP contribution in [0.2, 0.25) is 0 Å². The van der Waals surface area contributed by atoms with Gasteiger partial charge in [-0.05, 0) is 48.7 Å². The molecular weight excluding hydrogens is 521 g/mol. The Balaban J connectivity index is 0.00000341. The summed E-state index contributed by atoms with van der Waals surface area (Å²) in [5.41, 5.74) is 5.01. The lowest BCUT2D eigenvalue weighted by Crippen LogP contribution is -2.30. The molecule has 0 unspecified atom stereocenters. The van der Waals surface area contributed by atoms with Crippen LogP contribution in [0.1, 0.15) is 22.3 Å². The highest BCUT2D eigenvalue weighted by Crippen LogP contribution is 2.17. The molecule has 3 aromatic carbocycles. The van der Waals surface area contributed by atoms with Crippen molar-refractivity contribution in [1.82, 2.24) is 5.32 Å². The van der Waals surface area contributed by atoms with Crippen molar-refractivity contribution in [2.75, 3.05) is 11.6 Å². The van der Waals surface area contributed by atoms with Crippen molar-refractivity contribution in [3.05, 3.63) is 95.1 Å². The first-order valence-electron chi connectivity index (χ1n) is 9.77. The Kier molecular flexibility index (Phi) is 9.06. The number of hydrogen-bond donors (Lipinski definition) is 2. The Hall–Kier alpha value is -2.39. The quantitative estimate of drug-likeness (QED) is 0.256. The number of benzene rings is 3. The van der Waals surface area contributed by atoms with Crippen LogP contribution in [0.4, 0.5) is 5.69 Å². The summed E-state index contributed by atoms with van der Waals surface area (Å²) in [5, 5.41) is 6.69. The van der Waals surface area contributed by atoms with Gasteiger partial charge in [0.25, 0.3) is 0 Å². The van der Waals surface area contributed by atoms with E-state index in [1.165, 1.54) is 11.8 Å². The van der Waals surface area contributed by atoms with Gasteiger partial charge in [-0.3, -0.25) is 0 Å². The third-order valence-electron chi connectivity index (χ3n) is 4.68. The summed E-state index contributed by atoms with van der Waals surface area (Å²) in [6, 6.07) is 23.6. The van der Waals surface area contributed by atoms with Gasteiger partial charge in [0, 0.05) is 18.5 Å². The maximum Gasteiger partial charge on any atom is 0.196 e. The monoisotopic (exact) mass is 549 g/mol. The standard InChI is InChI=1S/C24H27N3O2S.HI/c1-18-9-11-20(12-10-18)16-25-24(27-22-7-5-4-6-8-22)26-17-21-13-14-23(19(2)15-21)30(3,28)29;/h4-15H,16-17H2,1-3H3,(H2,25,26,27);1H. The molecule has 0 aliphatic heterocycles. The first-order chi connectivity index (χ1) is 14.3. The molecule has 0 amide bonds. The third-order valence-corrected chi connectivity index (χ3v) is 5.93. The number of aryl methyl sites for hydroxylation is 2. The normalized spacial score (nSPS) is 11.5. The first kappa shape index (κ1) is 24.9. The first-order valence-corrected chi connectivity index (χ1v) is 11.7. The second-order valence-electron chi connectivity index (χ2n) is 7.37. The SMILES string of the molecule is Cc1ccc(CNC(=NCc2ccc(S(C)(=O)=O)c(C)c2)Nc2ccccc2)cc1.I. The predicted molar refractivity (Wildman–Crippen MR) is 139 cm³/mol. The maximum absolute atomic E-state index is 11.8. The fourth-order valence-electron chi connectivity index (χ4n) is 3.09. The lowest BCUT2D eigenvalue weighted by atomic mass is 10.1. The van der Waals surface area contributed by atoms with Crippen LogP contribution < -0.4 is 10.6 Å². The minimum absolute atomic E-state index is 0. The summed E-state index contributed by atoms with van der Waals surface area (Å²) in [5.74, 6) is 0.659. The van der Waals surface area contributed by atoms with Crippen LogP contribution >= 0.6 is 24.0 Å². The topological polar surface area (TPSA) is 70.6 Å². The van der Waals surface area contributed by atoms with Crippen LogP contribution in [0.15, 0.2) is 82.7 Å². The van der Waals surface area contributed by atoms with E-state index in [1.807, 2.05) is 49.4 Å². The minimum Gasteiger partial charge on any atom is -0.352 e. The molecule has 0 heterocycles. The lowest BCUT2D eigenvalue weighted by molar-refractivity contribution is 0.601. The lowest BCUT2D eigenvalue weighted by Gasteiger charge is -2.13. The summed E-state index contributed by atoms with van der Waals surface area (Å²) in [6.07, 6.45) is 1.23. The van der Waals surface area contributed by atoms with Crippen molar-refractivity contribution in [1.29, 1.82) is 0 Å². The van der Waals surface area contributed by atoms with E-state index in [4.69, 9.17) is 4.99 Å². The molecule has 0 aromatic heterocycles. The Bertz CT molecular complexity index is 1130. The van der Waals surface area contributed by atoms with Crippen molar-refractivity contribution < 1.29 is 8.42 Å². The van der Waals surface area contributed by atoms with Gasteiger partial charge in [-0.2, -0.15) is 0 Å². The van der Waals surface area contributed by atoms with Gasteiger partial charge in [0.05, 0.1) is 11.4 Å². The number of nitrogens with one attached hydrogen (secondary N) is 2. The maximum atomic E-state index is 11.8. The van der Waals surface area contributed by atoms with E-state index in [9.17, 15) is 8.42 Å². The van der Waals surface area contributed by atoms with E-state index in [1.54, 1.807) is 6.07 Å². The molecule has 5 nitrogen and oxygen atoms in total. The fourth-order valence-corrected chi connectivity index (χ4v) is 4.04. The molecule has 0 fully saturated rings. The van der Waals surface area contributed by atoms with E-state index in [0.29, 0.717) is 23.9 Å². The number of guanidine groups is 1. The zero-order valence-corrected chi connectivity index (χ0v) is 21.1. The number of sulfone groups is 1. The van der Waals surface area contributed by atoms with Gasteiger partial charge in [-0.25, -0.2) is 13.4 Å². The molecule has 0 aliphatic rings. The third kappa shape index (κ3) is 7.66. The van der Waals surface area contributed by atoms with Crippen LogP contribution in [0.25, 0.3) is 0 Å². The Morgan fingerprint density at radius 2 is 1.55 bits per heavy atom. The van der Waals surface area contributed by atoms with Gasteiger partial charge in [0.15, 0.2) is 15.8 Å². The zero-order chi connectivity index (χ0) is 21.6. The summed E-state index contributed by atoms with van der Waals surface area (Å²) in [7, 11) is -3.23. The van der Waals surface area contributed by atoms with Gasteiger partial charge in [0.1, 0.15) is 0 Å². The van der Waals surface area contributed by atoms with Gasteiger partial charge in [0.2, 0.25) is 0 Å². The molecule has 7 heteroatoms. The zero-order valence-electron chi connectivity index (χ0n) is 17.9. The molecule has 0 aliphatic carbocycles. The highest BCUT2D eigenvalue weighted by Gasteiger charge is 2.11. The number of anilines is 1. The molecule has 2 N–H and O–H groups in total. The molecule has 3 aromatic rings. The van der Waals surface area contributed by atoms with Crippen molar-refractivity contribution in [2.24, 2.45) is 4.99 Å². The molecule has 0 saturated heterocycles. The number of halogens is 1. The molecule has 3 rings (SSSR count). The van der Waals surface area contributed by atoms with Crippen molar-refractivity contribution in [3.63, 3.8) is 0 Å². The predicted octanol–water partition coefficient (Wildman–Crippen LogP) is 5.08. The van der Waals surface area contributed by atoms with E-state index in [-0.39, 0.29) is 24.0 Å². The molecule has 164 valence electrons. The van der Waals surface area contributed by atoms with Crippen LogP contribution in [0, 0.1) is 13.8 Å². The average Bonchev–Trinajstić information content (AvgIpc) is 2.71. The summed E-state index contributed by atoms with van der Waals surface area (Å²) in [4.78, 5) is 5.06. The van der Waals surface area contributed by atoms with Crippen LogP contribution in [0.5, 0.6) is 0 Å². The Labute approximate surface area is 201 Å². The van der Waals surface area contributed by atoms with E-state index in [2.05, 4.69) is 41.8 Å². The summed E-state index contributed by atoms with van der Waals surface area (Å²) < 4.78 is 23.7. The van der Waals surface area contributed by atoms with Gasteiger partial charge >= 0.3 is 0 Å².